The monoisotopic (exact) mass is 910 g/mol. The van der Waals surface area contributed by atoms with Gasteiger partial charge in [0.25, 0.3) is 20.2 Å². The Bertz CT molecular complexity index is 1950. The Balaban J connectivity index is 1.16. The molecule has 8 aliphatic carbocycles. The SMILES string of the molecule is CCC(C)(CC(C)(C)C(=O)OC12CC3CC(C1)CC(C(=O)OC(CS(=O)(=O)O)C(F)(F)F)(C3)C2)C(=O)OC12CC3CC(C1)CC(C(=O)OC(CS(=O)(=O)O)C(F)(F)F)(C3)C2. The molecule has 0 aliphatic heterocycles. The van der Waals surface area contributed by atoms with Gasteiger partial charge in [-0.3, -0.25) is 28.3 Å². The molecule has 8 rings (SSSR count). The molecule has 0 aromatic carbocycles. The van der Waals surface area contributed by atoms with E-state index < -0.39 is 113 Å². The van der Waals surface area contributed by atoms with Crippen LogP contribution in [0.5, 0.6) is 0 Å². The van der Waals surface area contributed by atoms with Gasteiger partial charge < -0.3 is 18.9 Å². The van der Waals surface area contributed by atoms with Crippen molar-refractivity contribution in [2.45, 2.75) is 153 Å². The van der Waals surface area contributed by atoms with E-state index in [-0.39, 0.29) is 75.0 Å². The molecule has 8 fully saturated rings. The van der Waals surface area contributed by atoms with Gasteiger partial charge in [-0.15, -0.1) is 0 Å². The van der Waals surface area contributed by atoms with E-state index in [4.69, 9.17) is 28.1 Å². The molecule has 342 valence electrons. The van der Waals surface area contributed by atoms with Crippen molar-refractivity contribution in [2.24, 2.45) is 45.3 Å². The summed E-state index contributed by atoms with van der Waals surface area (Å²) in [7, 11) is -10.4. The van der Waals surface area contributed by atoms with Crippen LogP contribution in [0.4, 0.5) is 26.3 Å². The second kappa shape index (κ2) is 14.9. The minimum Gasteiger partial charge on any atom is -0.459 e. The molecule has 0 saturated heterocycles. The zero-order valence-electron chi connectivity index (χ0n) is 33.7. The average molecular weight is 911 g/mol. The van der Waals surface area contributed by atoms with Crippen molar-refractivity contribution in [3.05, 3.63) is 0 Å². The predicted octanol–water partition coefficient (Wildman–Crippen LogP) is 6.31. The van der Waals surface area contributed by atoms with E-state index in [0.717, 1.165) is 0 Å². The molecule has 7 unspecified atom stereocenters. The number of esters is 4. The standard InChI is InChI=1S/C38H52F6O14S2/c1-5-32(4,28(46)58-36-14-23-7-24(15-36)11-34(10-23,20-36)30(48)56-26(38(42,43)44)17-60(52,53)54)18-31(2,3)27(45)57-35-12-21-6-22(13-35)9-33(8-21,19-35)29(47)55-25(37(39,40)41)16-59(49,50)51/h21-26H,5-20H2,1-4H3,(H,49,50,51)(H,52,53,54). The van der Waals surface area contributed by atoms with Crippen LogP contribution in [0.1, 0.15) is 118 Å². The summed E-state index contributed by atoms with van der Waals surface area (Å²) in [5.74, 6) is -8.70. The summed E-state index contributed by atoms with van der Waals surface area (Å²) in [5.41, 5.74) is -8.32. The van der Waals surface area contributed by atoms with Crippen LogP contribution in [0.15, 0.2) is 0 Å². The molecule has 2 N–H and O–H groups in total. The van der Waals surface area contributed by atoms with Gasteiger partial charge in [-0.05, 0) is 121 Å². The number of alkyl halides is 6. The molecule has 22 heteroatoms. The number of ether oxygens (including phenoxy) is 4. The molecule has 0 radical (unpaired) electrons. The number of carbonyl (C=O) groups is 4. The van der Waals surface area contributed by atoms with Crippen molar-refractivity contribution in [1.29, 1.82) is 0 Å². The van der Waals surface area contributed by atoms with E-state index in [1.807, 2.05) is 0 Å². The lowest BCUT2D eigenvalue weighted by molar-refractivity contribution is -0.240. The Hall–Kier alpha value is -2.72. The third-order valence-electron chi connectivity index (χ3n) is 14.1. The highest BCUT2D eigenvalue weighted by molar-refractivity contribution is 7.86. The Labute approximate surface area is 344 Å². The first-order valence-electron chi connectivity index (χ1n) is 20.1. The third kappa shape index (κ3) is 9.60. The minimum absolute atomic E-state index is 0.133. The Morgan fingerprint density at radius 3 is 1.25 bits per heavy atom. The maximum atomic E-state index is 14.3. The molecule has 8 aliphatic rings. The number of hydrogen-bond acceptors (Lipinski definition) is 12. The van der Waals surface area contributed by atoms with Gasteiger partial charge in [0.1, 0.15) is 22.7 Å². The van der Waals surface area contributed by atoms with Gasteiger partial charge in [0.15, 0.2) is 0 Å². The van der Waals surface area contributed by atoms with Crippen LogP contribution >= 0.6 is 0 Å². The summed E-state index contributed by atoms with van der Waals surface area (Å²) >= 11 is 0. The van der Waals surface area contributed by atoms with Crippen LogP contribution in [0.25, 0.3) is 0 Å². The molecular formula is C38H52F6O14S2. The zero-order valence-corrected chi connectivity index (χ0v) is 35.3. The second-order valence-corrected chi connectivity index (χ2v) is 23.0. The molecule has 0 amide bonds. The largest absolute Gasteiger partial charge is 0.459 e. The average Bonchev–Trinajstić information content (AvgIpc) is 3.03. The Morgan fingerprint density at radius 1 is 0.617 bits per heavy atom. The van der Waals surface area contributed by atoms with Crippen LogP contribution in [-0.4, -0.2) is 97.1 Å². The fourth-order valence-electron chi connectivity index (χ4n) is 12.4. The highest BCUT2D eigenvalue weighted by Crippen LogP contribution is 2.65. The molecule has 0 aromatic heterocycles. The van der Waals surface area contributed by atoms with Crippen molar-refractivity contribution >= 4 is 44.1 Å². The molecule has 8 bridgehead atoms. The fraction of sp³-hybridized carbons (Fsp3) is 0.895. The van der Waals surface area contributed by atoms with E-state index in [9.17, 15) is 62.4 Å². The number of hydrogen-bond donors (Lipinski definition) is 2. The molecule has 0 aromatic rings. The van der Waals surface area contributed by atoms with Crippen molar-refractivity contribution in [1.82, 2.24) is 0 Å². The minimum atomic E-state index is -5.30. The zero-order chi connectivity index (χ0) is 44.9. The van der Waals surface area contributed by atoms with Crippen LogP contribution < -0.4 is 0 Å². The summed E-state index contributed by atoms with van der Waals surface area (Å²) in [6.45, 7) is 6.36. The van der Waals surface area contributed by atoms with Gasteiger partial charge in [0.2, 0.25) is 12.2 Å². The molecule has 0 heterocycles. The van der Waals surface area contributed by atoms with Gasteiger partial charge in [0.05, 0.1) is 21.7 Å². The van der Waals surface area contributed by atoms with Gasteiger partial charge in [-0.25, -0.2) is 0 Å². The molecule has 8 saturated carbocycles. The molecule has 7 atom stereocenters. The third-order valence-corrected chi connectivity index (χ3v) is 15.6. The lowest BCUT2D eigenvalue weighted by Crippen LogP contribution is -2.61. The maximum absolute atomic E-state index is 14.3. The van der Waals surface area contributed by atoms with Crippen molar-refractivity contribution in [3.63, 3.8) is 0 Å². The summed E-state index contributed by atoms with van der Waals surface area (Å²) in [5, 5.41) is 0. The Morgan fingerprint density at radius 2 is 0.950 bits per heavy atom. The molecular weight excluding hydrogens is 859 g/mol. The maximum Gasteiger partial charge on any atom is 0.426 e. The van der Waals surface area contributed by atoms with Gasteiger partial charge in [0, 0.05) is 12.8 Å². The van der Waals surface area contributed by atoms with Crippen LogP contribution in [0.3, 0.4) is 0 Å². The second-order valence-electron chi connectivity index (χ2n) is 20.0. The smallest absolute Gasteiger partial charge is 0.426 e. The summed E-state index contributed by atoms with van der Waals surface area (Å²) in [6, 6.07) is 0. The van der Waals surface area contributed by atoms with Crippen molar-refractivity contribution in [3.8, 4) is 0 Å². The molecule has 14 nitrogen and oxygen atoms in total. The normalized spacial score (nSPS) is 35.6. The van der Waals surface area contributed by atoms with Gasteiger partial charge >= 0.3 is 36.2 Å². The van der Waals surface area contributed by atoms with Gasteiger partial charge in [-0.2, -0.15) is 43.2 Å². The van der Waals surface area contributed by atoms with E-state index in [2.05, 4.69) is 0 Å². The predicted molar refractivity (Wildman–Crippen MR) is 193 cm³/mol. The van der Waals surface area contributed by atoms with Crippen molar-refractivity contribution < 1.29 is 90.4 Å². The highest BCUT2D eigenvalue weighted by Gasteiger charge is 2.66. The quantitative estimate of drug-likeness (QED) is 0.0798. The lowest BCUT2D eigenvalue weighted by atomic mass is 9.47. The van der Waals surface area contributed by atoms with Crippen LogP contribution in [-0.2, 0) is 58.4 Å². The van der Waals surface area contributed by atoms with E-state index in [1.54, 1.807) is 27.7 Å². The van der Waals surface area contributed by atoms with E-state index >= 15 is 0 Å². The summed E-state index contributed by atoms with van der Waals surface area (Å²) in [6.07, 6.45) is -14.1. The molecule has 60 heavy (non-hydrogen) atoms. The van der Waals surface area contributed by atoms with Crippen molar-refractivity contribution in [2.75, 3.05) is 11.5 Å². The van der Waals surface area contributed by atoms with Crippen LogP contribution in [0, 0.1) is 45.3 Å². The Kier molecular flexibility index (Phi) is 11.6. The summed E-state index contributed by atoms with van der Waals surface area (Å²) in [4.78, 5) is 55.5. The number of carbonyl (C=O) groups excluding carboxylic acids is 4. The van der Waals surface area contributed by atoms with E-state index in [1.165, 1.54) is 0 Å². The highest BCUT2D eigenvalue weighted by atomic mass is 32.2. The van der Waals surface area contributed by atoms with E-state index in [0.29, 0.717) is 38.5 Å². The first kappa shape index (κ1) is 46.8. The number of rotatable bonds is 15. The molecule has 0 spiro atoms. The first-order valence-corrected chi connectivity index (χ1v) is 23.3. The fourth-order valence-corrected chi connectivity index (χ4v) is 13.7. The van der Waals surface area contributed by atoms with Gasteiger partial charge in [-0.1, -0.05) is 6.92 Å². The lowest BCUT2D eigenvalue weighted by Gasteiger charge is -2.60. The number of halogens is 6. The first-order chi connectivity index (χ1) is 27.1. The topological polar surface area (TPSA) is 214 Å². The summed E-state index contributed by atoms with van der Waals surface area (Å²) < 4.78 is 168. The van der Waals surface area contributed by atoms with Crippen LogP contribution in [0.2, 0.25) is 0 Å².